The van der Waals surface area contributed by atoms with Gasteiger partial charge in [0.25, 0.3) is 0 Å². The van der Waals surface area contributed by atoms with Gasteiger partial charge in [0.15, 0.2) is 0 Å². The van der Waals surface area contributed by atoms with Gasteiger partial charge in [-0.05, 0) is 34.4 Å². The van der Waals surface area contributed by atoms with Gasteiger partial charge in [-0.25, -0.2) is 4.90 Å². The van der Waals surface area contributed by atoms with E-state index in [2.05, 4.69) is 0 Å². The summed E-state index contributed by atoms with van der Waals surface area (Å²) in [6.45, 7) is 0. The lowest BCUT2D eigenvalue weighted by Gasteiger charge is -2.51. The van der Waals surface area contributed by atoms with E-state index < -0.39 is 17.3 Å². The Kier molecular flexibility index (Phi) is 3.58. The fourth-order valence-electron chi connectivity index (χ4n) is 6.03. The van der Waals surface area contributed by atoms with E-state index >= 15 is 0 Å². The van der Waals surface area contributed by atoms with Crippen molar-refractivity contribution in [3.8, 4) is 5.75 Å². The lowest BCUT2D eigenvalue weighted by molar-refractivity contribution is -0.128. The molecule has 3 aliphatic carbocycles. The molecule has 1 aliphatic heterocycles. The summed E-state index contributed by atoms with van der Waals surface area (Å²) in [6.07, 6.45) is 0.887. The van der Waals surface area contributed by atoms with E-state index in [4.69, 9.17) is 4.74 Å². The first kappa shape index (κ1) is 18.1. The van der Waals surface area contributed by atoms with Crippen LogP contribution in [0.2, 0.25) is 0 Å². The SMILES string of the molecule is COc1cccc(N2C(=O)[C@@H]3C4c5ccccc5C(C=O)(c5ccccc54)[C@@H]3C2=O)c1. The van der Waals surface area contributed by atoms with Crippen molar-refractivity contribution in [3.05, 3.63) is 95.1 Å². The summed E-state index contributed by atoms with van der Waals surface area (Å²) in [5.74, 6) is -1.67. The van der Waals surface area contributed by atoms with Gasteiger partial charge in [0.05, 0.1) is 30.0 Å². The summed E-state index contributed by atoms with van der Waals surface area (Å²) >= 11 is 0. The molecule has 0 N–H and O–H groups in total. The number of ether oxygens (including phenoxy) is 1. The lowest BCUT2D eigenvalue weighted by Crippen LogP contribution is -2.54. The number of aldehydes is 1. The number of carbonyl (C=O) groups is 3. The second-order valence-corrected chi connectivity index (χ2v) is 8.36. The molecule has 0 radical (unpaired) electrons. The Bertz CT molecular complexity index is 1230. The van der Waals surface area contributed by atoms with Crippen molar-refractivity contribution in [3.63, 3.8) is 0 Å². The maximum atomic E-state index is 13.8. The number of amides is 2. The summed E-state index contributed by atoms with van der Waals surface area (Å²) in [5.41, 5.74) is 2.89. The van der Waals surface area contributed by atoms with E-state index in [1.165, 1.54) is 4.90 Å². The molecule has 5 nitrogen and oxygen atoms in total. The van der Waals surface area contributed by atoms with E-state index in [-0.39, 0.29) is 17.7 Å². The number of methoxy groups -OCH3 is 1. The summed E-state index contributed by atoms with van der Waals surface area (Å²) in [6, 6.07) is 22.4. The smallest absolute Gasteiger partial charge is 0.239 e. The number of benzene rings is 3. The van der Waals surface area contributed by atoms with Gasteiger partial charge in [-0.2, -0.15) is 0 Å². The minimum absolute atomic E-state index is 0.258. The van der Waals surface area contributed by atoms with Crippen molar-refractivity contribution in [2.75, 3.05) is 12.0 Å². The summed E-state index contributed by atoms with van der Waals surface area (Å²) in [5, 5.41) is 0. The Morgan fingerprint density at radius 1 is 0.871 bits per heavy atom. The zero-order valence-corrected chi connectivity index (χ0v) is 16.8. The fraction of sp³-hybridized carbons (Fsp3) is 0.192. The largest absolute Gasteiger partial charge is 0.497 e. The predicted octanol–water partition coefficient (Wildman–Crippen LogP) is 3.44. The molecule has 3 aromatic rings. The van der Waals surface area contributed by atoms with Gasteiger partial charge in [0.1, 0.15) is 12.0 Å². The van der Waals surface area contributed by atoms with Gasteiger partial charge >= 0.3 is 0 Å². The zero-order valence-electron chi connectivity index (χ0n) is 16.8. The van der Waals surface area contributed by atoms with Crippen molar-refractivity contribution in [1.82, 2.24) is 0 Å². The maximum Gasteiger partial charge on any atom is 0.239 e. The number of imide groups is 1. The summed E-state index contributed by atoms with van der Waals surface area (Å²) < 4.78 is 5.30. The minimum Gasteiger partial charge on any atom is -0.497 e. The van der Waals surface area contributed by atoms with Gasteiger partial charge in [0, 0.05) is 12.0 Å². The van der Waals surface area contributed by atoms with Crippen LogP contribution >= 0.6 is 0 Å². The van der Waals surface area contributed by atoms with Crippen molar-refractivity contribution < 1.29 is 19.1 Å². The van der Waals surface area contributed by atoms with Gasteiger partial charge in [-0.1, -0.05) is 54.6 Å². The first-order valence-corrected chi connectivity index (χ1v) is 10.3. The number of hydrogen-bond acceptors (Lipinski definition) is 4. The zero-order chi connectivity index (χ0) is 21.3. The Labute approximate surface area is 179 Å². The van der Waals surface area contributed by atoms with Crippen molar-refractivity contribution >= 4 is 23.8 Å². The van der Waals surface area contributed by atoms with Crippen molar-refractivity contribution in [2.45, 2.75) is 11.3 Å². The second-order valence-electron chi connectivity index (χ2n) is 8.36. The average Bonchev–Trinajstić information content (AvgIpc) is 3.10. The molecule has 7 rings (SSSR count). The Hall–Kier alpha value is -3.73. The molecule has 31 heavy (non-hydrogen) atoms. The Morgan fingerprint density at radius 2 is 1.52 bits per heavy atom. The van der Waals surface area contributed by atoms with Gasteiger partial charge in [-0.15, -0.1) is 0 Å². The molecule has 0 unspecified atom stereocenters. The number of nitrogens with zero attached hydrogens (tertiary/aromatic N) is 1. The van der Waals surface area contributed by atoms with E-state index in [9.17, 15) is 14.4 Å². The molecule has 2 atom stereocenters. The molecule has 1 saturated heterocycles. The normalized spacial score (nSPS) is 27.5. The van der Waals surface area contributed by atoms with Crippen LogP contribution in [0.3, 0.4) is 0 Å². The maximum absolute atomic E-state index is 13.8. The highest BCUT2D eigenvalue weighted by Gasteiger charge is 2.68. The standard InChI is InChI=1S/C26H19NO4/c1-31-16-8-6-7-15(13-16)27-24(29)22-21-17-9-2-4-11-19(17)26(14-28,23(22)25(27)30)20-12-5-3-10-18(20)21/h2-14,21-23H,1H3/t21?,22-,23+,26?/m1/s1. The highest BCUT2D eigenvalue weighted by Crippen LogP contribution is 2.63. The molecular formula is C26H19NO4. The van der Waals surface area contributed by atoms with Gasteiger partial charge < -0.3 is 9.53 Å². The third kappa shape index (κ3) is 2.03. The van der Waals surface area contributed by atoms with Crippen LogP contribution in [0.4, 0.5) is 5.69 Å². The first-order valence-electron chi connectivity index (χ1n) is 10.3. The van der Waals surface area contributed by atoms with E-state index in [1.807, 2.05) is 48.5 Å². The van der Waals surface area contributed by atoms with Crippen LogP contribution in [0.25, 0.3) is 0 Å². The molecule has 2 bridgehead atoms. The molecule has 0 saturated carbocycles. The highest BCUT2D eigenvalue weighted by molar-refractivity contribution is 6.24. The van der Waals surface area contributed by atoms with Crippen LogP contribution in [0, 0.1) is 11.8 Å². The molecule has 0 aromatic heterocycles. The molecule has 1 heterocycles. The molecule has 0 spiro atoms. The molecule has 3 aromatic carbocycles. The number of anilines is 1. The van der Waals surface area contributed by atoms with E-state index in [0.717, 1.165) is 28.5 Å². The van der Waals surface area contributed by atoms with Crippen molar-refractivity contribution in [1.29, 1.82) is 0 Å². The molecular weight excluding hydrogens is 390 g/mol. The van der Waals surface area contributed by atoms with E-state index in [1.54, 1.807) is 31.4 Å². The van der Waals surface area contributed by atoms with Crippen LogP contribution in [-0.4, -0.2) is 25.2 Å². The Morgan fingerprint density at radius 3 is 2.13 bits per heavy atom. The fourth-order valence-corrected chi connectivity index (χ4v) is 6.03. The van der Waals surface area contributed by atoms with Crippen LogP contribution in [-0.2, 0) is 19.8 Å². The highest BCUT2D eigenvalue weighted by atomic mass is 16.5. The monoisotopic (exact) mass is 409 g/mol. The minimum atomic E-state index is -1.17. The average molecular weight is 409 g/mol. The van der Waals surface area contributed by atoms with Crippen LogP contribution < -0.4 is 9.64 Å². The predicted molar refractivity (Wildman–Crippen MR) is 114 cm³/mol. The molecule has 152 valence electrons. The van der Waals surface area contributed by atoms with Gasteiger partial charge in [0.2, 0.25) is 11.8 Å². The van der Waals surface area contributed by atoms with Crippen LogP contribution in [0.5, 0.6) is 5.75 Å². The molecule has 2 amide bonds. The lowest BCUT2D eigenvalue weighted by atomic mass is 9.48. The molecule has 4 aliphatic rings. The van der Waals surface area contributed by atoms with Gasteiger partial charge in [-0.3, -0.25) is 9.59 Å². The summed E-state index contributed by atoms with van der Waals surface area (Å²) in [7, 11) is 1.54. The number of carbonyl (C=O) groups excluding carboxylic acids is 3. The molecule has 5 heteroatoms. The Balaban J connectivity index is 1.63. The summed E-state index contributed by atoms with van der Waals surface area (Å²) in [4.78, 5) is 41.7. The van der Waals surface area contributed by atoms with E-state index in [0.29, 0.717) is 11.4 Å². The molecule has 1 fully saturated rings. The van der Waals surface area contributed by atoms with Crippen LogP contribution in [0.1, 0.15) is 28.2 Å². The second kappa shape index (κ2) is 6.14. The topological polar surface area (TPSA) is 63.7 Å². The number of rotatable bonds is 3. The third-order valence-corrected chi connectivity index (χ3v) is 7.18. The number of hydrogen-bond donors (Lipinski definition) is 0. The first-order chi connectivity index (χ1) is 15.1. The third-order valence-electron chi connectivity index (χ3n) is 7.18. The van der Waals surface area contributed by atoms with Crippen LogP contribution in [0.15, 0.2) is 72.8 Å². The van der Waals surface area contributed by atoms with Crippen molar-refractivity contribution in [2.24, 2.45) is 11.8 Å². The quantitative estimate of drug-likeness (QED) is 0.491.